The largest absolute Gasteiger partial charge is 0.308 e. The van der Waals surface area contributed by atoms with Crippen molar-refractivity contribution in [3.05, 3.63) is 248 Å². The molecule has 0 saturated carbocycles. The Morgan fingerprint density at radius 1 is 0.276 bits per heavy atom. The lowest BCUT2D eigenvalue weighted by Crippen LogP contribution is -2.05. The van der Waals surface area contributed by atoms with Crippen LogP contribution in [0.2, 0.25) is 0 Å². The summed E-state index contributed by atoms with van der Waals surface area (Å²) in [6.45, 7) is 0. The Kier molecular flexibility index (Phi) is 10.6. The van der Waals surface area contributed by atoms with Crippen LogP contribution in [0.1, 0.15) is 5.56 Å². The highest BCUT2D eigenvalue weighted by molar-refractivity contribution is 6.12. The van der Waals surface area contributed by atoms with E-state index < -0.39 is 0 Å². The molecule has 0 aliphatic carbocycles. The van der Waals surface area contributed by atoms with E-state index in [1.807, 2.05) is 146 Å². The first kappa shape index (κ1) is 44.0. The van der Waals surface area contributed by atoms with Crippen LogP contribution in [0.25, 0.3) is 134 Å². The predicted octanol–water partition coefficient (Wildman–Crippen LogP) is 15.2. The van der Waals surface area contributed by atoms with E-state index in [4.69, 9.17) is 29.9 Å². The van der Waals surface area contributed by atoms with Gasteiger partial charge in [-0.3, -0.25) is 4.98 Å². The van der Waals surface area contributed by atoms with Crippen LogP contribution in [0.5, 0.6) is 0 Å². The summed E-state index contributed by atoms with van der Waals surface area (Å²) in [6.07, 6.45) is 3.61. The lowest BCUT2D eigenvalue weighted by molar-refractivity contribution is 1.07. The van der Waals surface area contributed by atoms with Gasteiger partial charge in [0.1, 0.15) is 11.6 Å². The Balaban J connectivity index is 0.978. The maximum atomic E-state index is 11.7. The van der Waals surface area contributed by atoms with Crippen LogP contribution in [0.3, 0.4) is 0 Å². The van der Waals surface area contributed by atoms with Gasteiger partial charge in [0.15, 0.2) is 34.9 Å². The monoisotopic (exact) mass is 972 g/mol. The zero-order chi connectivity index (χ0) is 50.5. The fraction of sp³-hybridized carbons (Fsp3) is 0. The molecular formula is C66H40N10. The fourth-order valence-corrected chi connectivity index (χ4v) is 10.4. The molecular weight excluding hydrogens is 933 g/mol. The third-order valence-electron chi connectivity index (χ3n) is 14.0. The van der Waals surface area contributed by atoms with Crippen molar-refractivity contribution in [2.45, 2.75) is 0 Å². The van der Waals surface area contributed by atoms with E-state index in [1.165, 1.54) is 0 Å². The minimum absolute atomic E-state index is 0.506. The maximum Gasteiger partial charge on any atom is 0.164 e. The zero-order valence-electron chi connectivity index (χ0n) is 40.6. The molecule has 0 N–H and O–H groups in total. The van der Waals surface area contributed by atoms with Gasteiger partial charge in [-0.1, -0.05) is 158 Å². The topological polar surface area (TPSA) is 124 Å². The normalized spacial score (nSPS) is 11.4. The summed E-state index contributed by atoms with van der Waals surface area (Å²) < 4.78 is 4.45. The number of nitriles is 1. The number of hydrogen-bond donors (Lipinski definition) is 0. The summed E-state index contributed by atoms with van der Waals surface area (Å²) in [5.41, 5.74) is 12.9. The lowest BCUT2D eigenvalue weighted by atomic mass is 10.0. The number of aromatic nitrogens is 9. The first-order valence-electron chi connectivity index (χ1n) is 24.9. The second-order valence-corrected chi connectivity index (χ2v) is 18.5. The van der Waals surface area contributed by atoms with Gasteiger partial charge in [-0.15, -0.1) is 0 Å². The number of hydrogen-bond acceptors (Lipinski definition) is 8. The third kappa shape index (κ3) is 7.63. The molecule has 354 valence electrons. The molecule has 0 fully saturated rings. The van der Waals surface area contributed by atoms with Gasteiger partial charge in [0.2, 0.25) is 0 Å². The first-order chi connectivity index (χ1) is 37.6. The van der Waals surface area contributed by atoms with E-state index >= 15 is 0 Å². The van der Waals surface area contributed by atoms with Crippen LogP contribution in [-0.2, 0) is 0 Å². The highest BCUT2D eigenvalue weighted by Crippen LogP contribution is 2.42. The molecule has 0 radical (unpaired) electrons. The van der Waals surface area contributed by atoms with Gasteiger partial charge in [0.05, 0.1) is 33.4 Å². The van der Waals surface area contributed by atoms with Gasteiger partial charge in [0.25, 0.3) is 0 Å². The Hall–Kier alpha value is -10.8. The Morgan fingerprint density at radius 3 is 0.974 bits per heavy atom. The fourth-order valence-electron chi connectivity index (χ4n) is 10.4. The van der Waals surface area contributed by atoms with E-state index in [0.29, 0.717) is 40.5 Å². The molecule has 5 aromatic heterocycles. The van der Waals surface area contributed by atoms with Crippen LogP contribution in [-0.4, -0.2) is 44.0 Å². The molecule has 0 aliphatic rings. The average molecular weight is 973 g/mol. The molecule has 14 aromatic rings. The minimum atomic E-state index is 0.506. The number of nitrogens with zero attached hydrogens (tertiary/aromatic N) is 10. The maximum absolute atomic E-state index is 11.7. The van der Waals surface area contributed by atoms with E-state index in [9.17, 15) is 5.26 Å². The van der Waals surface area contributed by atoms with Crippen molar-refractivity contribution in [3.8, 4) is 96.9 Å². The summed E-state index contributed by atoms with van der Waals surface area (Å²) in [6, 6.07) is 80.4. The van der Waals surface area contributed by atoms with Crippen molar-refractivity contribution in [2.24, 2.45) is 0 Å². The molecule has 0 atom stereocenters. The summed E-state index contributed by atoms with van der Waals surface area (Å²) in [7, 11) is 0. The van der Waals surface area contributed by atoms with Crippen LogP contribution >= 0.6 is 0 Å². The average Bonchev–Trinajstić information content (AvgIpc) is 4.04. The van der Waals surface area contributed by atoms with Crippen LogP contribution in [0, 0.1) is 11.3 Å². The van der Waals surface area contributed by atoms with Crippen molar-refractivity contribution in [2.75, 3.05) is 0 Å². The molecule has 0 aliphatic heterocycles. The molecule has 76 heavy (non-hydrogen) atoms. The van der Waals surface area contributed by atoms with Crippen LogP contribution < -0.4 is 0 Å². The zero-order valence-corrected chi connectivity index (χ0v) is 40.6. The third-order valence-corrected chi connectivity index (χ3v) is 14.0. The molecule has 10 heteroatoms. The van der Waals surface area contributed by atoms with Crippen molar-refractivity contribution >= 4 is 43.6 Å². The van der Waals surface area contributed by atoms with E-state index in [-0.39, 0.29) is 0 Å². The summed E-state index contributed by atoms with van der Waals surface area (Å²) in [5.74, 6) is 3.48. The number of para-hydroxylation sites is 2. The summed E-state index contributed by atoms with van der Waals surface area (Å²) in [4.78, 5) is 34.6. The predicted molar refractivity (Wildman–Crippen MR) is 302 cm³/mol. The number of rotatable bonds is 9. The van der Waals surface area contributed by atoms with Gasteiger partial charge in [-0.05, 0) is 83.9 Å². The quantitative estimate of drug-likeness (QED) is 0.140. The Labute approximate surface area is 436 Å². The number of fused-ring (bicyclic) bond motifs is 6. The molecule has 0 bridgehead atoms. The van der Waals surface area contributed by atoms with Gasteiger partial charge in [-0.2, -0.15) is 5.26 Å². The molecule has 0 spiro atoms. The number of pyridine rings is 1. The Bertz CT molecular complexity index is 4190. The van der Waals surface area contributed by atoms with Gasteiger partial charge in [-0.25, -0.2) is 29.9 Å². The molecule has 9 aromatic carbocycles. The van der Waals surface area contributed by atoms with E-state index in [2.05, 4.69) is 105 Å². The SMILES string of the molecule is N#Cc1c(-n2c3ccccc3c3cc(-c4nc(-c5ccccc5)nc(-c5ccccc5)n4)ccc32)cc(-c2ccncc2)cc1-n1c2ccccc2c2cc(-c3nc(-c4ccccc4)nc(-c4ccccc4)n3)ccc21. The smallest absolute Gasteiger partial charge is 0.164 e. The van der Waals surface area contributed by atoms with Crippen LogP contribution in [0.15, 0.2) is 243 Å². The van der Waals surface area contributed by atoms with Gasteiger partial charge in [0, 0.05) is 67.3 Å². The first-order valence-corrected chi connectivity index (χ1v) is 24.9. The molecule has 5 heterocycles. The van der Waals surface area contributed by atoms with Gasteiger partial charge >= 0.3 is 0 Å². The molecule has 14 rings (SSSR count). The molecule has 0 amide bonds. The van der Waals surface area contributed by atoms with Crippen LogP contribution in [0.4, 0.5) is 0 Å². The highest BCUT2D eigenvalue weighted by Gasteiger charge is 2.24. The summed E-state index contributed by atoms with van der Waals surface area (Å²) >= 11 is 0. The standard InChI is InChI=1S/C66H40N10/c67-41-54-59(75-55-27-15-13-25-50(55)52-37-47(29-31-57(52)75)65-71-61(43-17-5-1-6-18-43)69-62(72-65)44-19-7-2-8-20-44)39-49(42-33-35-68-36-34-42)40-60(54)76-56-28-16-14-26-51(56)53-38-48(30-32-58(53)76)66-73-63(45-21-9-3-10-22-45)70-64(74-66)46-23-11-4-12-24-46/h1-40H. The molecule has 10 nitrogen and oxygen atoms in total. The van der Waals surface area contributed by atoms with Gasteiger partial charge < -0.3 is 9.13 Å². The highest BCUT2D eigenvalue weighted by atomic mass is 15.1. The molecule has 0 unspecified atom stereocenters. The minimum Gasteiger partial charge on any atom is -0.308 e. The second-order valence-electron chi connectivity index (χ2n) is 18.5. The van der Waals surface area contributed by atoms with Crippen molar-refractivity contribution < 1.29 is 0 Å². The van der Waals surface area contributed by atoms with E-state index in [1.54, 1.807) is 12.4 Å². The second kappa shape index (κ2) is 18.4. The van der Waals surface area contributed by atoms with Crippen molar-refractivity contribution in [1.82, 2.24) is 44.0 Å². The van der Waals surface area contributed by atoms with Crippen molar-refractivity contribution in [1.29, 1.82) is 5.26 Å². The van der Waals surface area contributed by atoms with Crippen molar-refractivity contribution in [3.63, 3.8) is 0 Å². The van der Waals surface area contributed by atoms with E-state index in [0.717, 1.165) is 99.5 Å². The summed E-state index contributed by atoms with van der Waals surface area (Å²) in [5, 5.41) is 15.7. The molecule has 0 saturated heterocycles. The lowest BCUT2D eigenvalue weighted by Gasteiger charge is -2.18. The Morgan fingerprint density at radius 2 is 0.605 bits per heavy atom. The number of benzene rings is 9.